The molecule has 1 aromatic carbocycles. The maximum atomic E-state index is 10.4. The van der Waals surface area contributed by atoms with Crippen LogP contribution in [0.25, 0.3) is 0 Å². The summed E-state index contributed by atoms with van der Waals surface area (Å²) in [7, 11) is 0. The van der Waals surface area contributed by atoms with Crippen LogP contribution in [0.15, 0.2) is 30.3 Å². The molecule has 0 aliphatic carbocycles. The van der Waals surface area contributed by atoms with E-state index in [9.17, 15) is 9.90 Å². The molecule has 0 fully saturated rings. The zero-order valence-electron chi connectivity index (χ0n) is 6.79. The second kappa shape index (κ2) is 4.30. The van der Waals surface area contributed by atoms with Crippen LogP contribution in [0, 0.1) is 0 Å². The predicted octanol–water partition coefficient (Wildman–Crippen LogP) is 1.10. The molecule has 3 nitrogen and oxygen atoms in total. The van der Waals surface area contributed by atoms with Crippen molar-refractivity contribution in [2.75, 3.05) is 0 Å². The topological polar surface area (TPSA) is 57.5 Å². The summed E-state index contributed by atoms with van der Waals surface area (Å²) in [5.41, 5.74) is 0.695. The first-order chi connectivity index (χ1) is 6.13. The third kappa shape index (κ3) is 2.47. The summed E-state index contributed by atoms with van der Waals surface area (Å²) >= 11 is 4.02. The first-order valence-corrected chi connectivity index (χ1v) is 4.28. The Hall–Kier alpha value is -1.00. The van der Waals surface area contributed by atoms with Crippen molar-refractivity contribution in [2.45, 2.75) is 11.4 Å². The van der Waals surface area contributed by atoms with E-state index in [-0.39, 0.29) is 0 Å². The quantitative estimate of drug-likeness (QED) is 0.637. The van der Waals surface area contributed by atoms with Crippen LogP contribution in [-0.4, -0.2) is 22.3 Å². The molecule has 0 unspecified atom stereocenters. The Kier molecular flexibility index (Phi) is 3.33. The van der Waals surface area contributed by atoms with E-state index in [1.165, 1.54) is 0 Å². The second-order valence-corrected chi connectivity index (χ2v) is 3.19. The smallest absolute Gasteiger partial charge is 0.334 e. The number of benzene rings is 1. The monoisotopic (exact) mass is 198 g/mol. The largest absolute Gasteiger partial charge is 0.479 e. The number of hydrogen-bond donors (Lipinski definition) is 3. The van der Waals surface area contributed by atoms with Crippen LogP contribution in [0.5, 0.6) is 0 Å². The van der Waals surface area contributed by atoms with Gasteiger partial charge in [-0.25, -0.2) is 4.79 Å². The lowest BCUT2D eigenvalue weighted by Gasteiger charge is -2.13. The number of hydrogen-bond acceptors (Lipinski definition) is 3. The van der Waals surface area contributed by atoms with Crippen LogP contribution in [0.1, 0.15) is 10.8 Å². The minimum atomic E-state index is -1.47. The summed E-state index contributed by atoms with van der Waals surface area (Å²) in [6.07, 6.45) is -1.47. The number of carbonyl (C=O) groups is 1. The summed E-state index contributed by atoms with van der Waals surface area (Å²) in [5, 5.41) is 17.0. The van der Waals surface area contributed by atoms with Gasteiger partial charge in [0.05, 0.1) is 5.25 Å². The highest BCUT2D eigenvalue weighted by molar-refractivity contribution is 7.80. The summed E-state index contributed by atoms with van der Waals surface area (Å²) in [6, 6.07) is 8.81. The molecule has 0 aliphatic heterocycles. The van der Waals surface area contributed by atoms with E-state index in [4.69, 9.17) is 5.11 Å². The van der Waals surface area contributed by atoms with Gasteiger partial charge in [-0.1, -0.05) is 30.3 Å². The van der Waals surface area contributed by atoms with Gasteiger partial charge in [0, 0.05) is 0 Å². The Labute approximate surface area is 81.4 Å². The van der Waals surface area contributed by atoms with Gasteiger partial charge in [0.2, 0.25) is 0 Å². The highest BCUT2D eigenvalue weighted by Crippen LogP contribution is 2.23. The van der Waals surface area contributed by atoms with Crippen LogP contribution in [0.2, 0.25) is 0 Å². The van der Waals surface area contributed by atoms with Gasteiger partial charge in [0.1, 0.15) is 0 Å². The second-order valence-electron chi connectivity index (χ2n) is 2.64. The average Bonchev–Trinajstić information content (AvgIpc) is 2.17. The van der Waals surface area contributed by atoms with E-state index in [1.807, 2.05) is 6.07 Å². The fourth-order valence-corrected chi connectivity index (χ4v) is 1.27. The molecule has 0 radical (unpaired) electrons. The van der Waals surface area contributed by atoms with Gasteiger partial charge >= 0.3 is 5.97 Å². The molecule has 0 bridgehead atoms. The van der Waals surface area contributed by atoms with Gasteiger partial charge in [0.15, 0.2) is 6.10 Å². The Morgan fingerprint density at radius 1 is 1.31 bits per heavy atom. The van der Waals surface area contributed by atoms with Gasteiger partial charge in [-0.05, 0) is 5.56 Å². The predicted molar refractivity (Wildman–Crippen MR) is 51.8 cm³/mol. The first-order valence-electron chi connectivity index (χ1n) is 3.77. The van der Waals surface area contributed by atoms with Crippen molar-refractivity contribution in [1.82, 2.24) is 0 Å². The maximum Gasteiger partial charge on any atom is 0.334 e. The standard InChI is InChI=1S/C9H10O3S/c10-7(9(11)12)8(13)6-4-2-1-3-5-6/h1-5,7-8,10,13H,(H,11,12)/t7-,8+/m1/s1. The minimum Gasteiger partial charge on any atom is -0.479 e. The highest BCUT2D eigenvalue weighted by Gasteiger charge is 2.23. The summed E-state index contributed by atoms with van der Waals surface area (Å²) in [5.74, 6) is -1.26. The lowest BCUT2D eigenvalue weighted by molar-refractivity contribution is -0.146. The summed E-state index contributed by atoms with van der Waals surface area (Å²) < 4.78 is 0. The molecule has 0 amide bonds. The number of aliphatic carboxylic acids is 1. The molecule has 1 rings (SSSR count). The van der Waals surface area contributed by atoms with Gasteiger partial charge in [-0.3, -0.25) is 0 Å². The number of carboxylic acid groups (broad SMARTS) is 1. The highest BCUT2D eigenvalue weighted by atomic mass is 32.1. The Morgan fingerprint density at radius 3 is 2.31 bits per heavy atom. The molecule has 0 heterocycles. The molecular weight excluding hydrogens is 188 g/mol. The number of aliphatic hydroxyl groups is 1. The Morgan fingerprint density at radius 2 is 1.85 bits per heavy atom. The third-order valence-electron chi connectivity index (χ3n) is 1.69. The summed E-state index contributed by atoms with van der Waals surface area (Å²) in [6.45, 7) is 0. The van der Waals surface area contributed by atoms with Crippen molar-refractivity contribution in [2.24, 2.45) is 0 Å². The van der Waals surface area contributed by atoms with Crippen LogP contribution < -0.4 is 0 Å². The van der Waals surface area contributed by atoms with Crippen molar-refractivity contribution in [3.05, 3.63) is 35.9 Å². The third-order valence-corrected chi connectivity index (χ3v) is 2.27. The molecule has 0 aliphatic rings. The molecular formula is C9H10O3S. The molecule has 0 saturated carbocycles. The van der Waals surface area contributed by atoms with Gasteiger partial charge in [-0.2, -0.15) is 12.6 Å². The number of thiol groups is 1. The lowest BCUT2D eigenvalue weighted by atomic mass is 10.1. The van der Waals surface area contributed by atoms with Crippen molar-refractivity contribution < 1.29 is 15.0 Å². The van der Waals surface area contributed by atoms with Crippen molar-refractivity contribution in [3.8, 4) is 0 Å². The van der Waals surface area contributed by atoms with E-state index >= 15 is 0 Å². The number of aliphatic hydroxyl groups excluding tert-OH is 1. The van der Waals surface area contributed by atoms with Crippen molar-refractivity contribution in [1.29, 1.82) is 0 Å². The van der Waals surface area contributed by atoms with Crippen molar-refractivity contribution >= 4 is 18.6 Å². The molecule has 4 heteroatoms. The summed E-state index contributed by atoms with van der Waals surface area (Å²) in [4.78, 5) is 10.4. The molecule has 0 spiro atoms. The molecule has 1 aromatic rings. The van der Waals surface area contributed by atoms with E-state index in [2.05, 4.69) is 12.6 Å². The zero-order chi connectivity index (χ0) is 9.84. The molecule has 2 N–H and O–H groups in total. The Balaban J connectivity index is 2.79. The van der Waals surface area contributed by atoms with E-state index in [0.717, 1.165) is 0 Å². The lowest BCUT2D eigenvalue weighted by Crippen LogP contribution is -2.24. The Bertz CT molecular complexity index is 286. The minimum absolute atomic E-state index is 0.682. The van der Waals surface area contributed by atoms with E-state index in [1.54, 1.807) is 24.3 Å². The average molecular weight is 198 g/mol. The van der Waals surface area contributed by atoms with Crippen LogP contribution in [-0.2, 0) is 4.79 Å². The van der Waals surface area contributed by atoms with Crippen LogP contribution >= 0.6 is 12.6 Å². The normalized spacial score (nSPS) is 14.9. The van der Waals surface area contributed by atoms with Gasteiger partial charge in [0.25, 0.3) is 0 Å². The molecule has 0 saturated heterocycles. The van der Waals surface area contributed by atoms with Crippen LogP contribution in [0.3, 0.4) is 0 Å². The fourth-order valence-electron chi connectivity index (χ4n) is 0.968. The molecule has 70 valence electrons. The van der Waals surface area contributed by atoms with E-state index < -0.39 is 17.3 Å². The van der Waals surface area contributed by atoms with Crippen molar-refractivity contribution in [3.63, 3.8) is 0 Å². The van der Waals surface area contributed by atoms with Crippen LogP contribution in [0.4, 0.5) is 0 Å². The van der Waals surface area contributed by atoms with Gasteiger partial charge in [-0.15, -0.1) is 0 Å². The molecule has 2 atom stereocenters. The fraction of sp³-hybridized carbons (Fsp3) is 0.222. The first kappa shape index (κ1) is 10.1. The SMILES string of the molecule is O=C(O)[C@H](O)[C@@H](S)c1ccccc1. The molecule has 0 aromatic heterocycles. The number of rotatable bonds is 3. The molecule has 13 heavy (non-hydrogen) atoms. The maximum absolute atomic E-state index is 10.4. The number of carboxylic acids is 1. The van der Waals surface area contributed by atoms with Gasteiger partial charge < -0.3 is 10.2 Å². The van der Waals surface area contributed by atoms with E-state index in [0.29, 0.717) is 5.56 Å². The zero-order valence-corrected chi connectivity index (χ0v) is 7.69.